The summed E-state index contributed by atoms with van der Waals surface area (Å²) < 4.78 is 28.1. The van der Waals surface area contributed by atoms with Crippen LogP contribution in [0.2, 0.25) is 0 Å². The first-order valence-electron chi connectivity index (χ1n) is 11.8. The molecule has 204 valence electrons. The second-order valence-corrected chi connectivity index (χ2v) is 9.25. The molecule has 0 spiro atoms. The number of ether oxygens (including phenoxy) is 4. The van der Waals surface area contributed by atoms with E-state index in [0.717, 1.165) is 0 Å². The van der Waals surface area contributed by atoms with Gasteiger partial charge in [-0.2, -0.15) is 0 Å². The monoisotopic (exact) mass is 525 g/mol. The molecule has 10 atom stereocenters. The van der Waals surface area contributed by atoms with E-state index in [0.29, 0.717) is 10.9 Å². The van der Waals surface area contributed by atoms with Crippen molar-refractivity contribution in [2.75, 3.05) is 6.61 Å². The van der Waals surface area contributed by atoms with Crippen molar-refractivity contribution < 1.29 is 53.7 Å². The number of hydrogen-bond donors (Lipinski definition) is 6. The molecule has 2 saturated heterocycles. The molecule has 2 fully saturated rings. The zero-order chi connectivity index (χ0) is 27.0. The zero-order valence-electron chi connectivity index (χ0n) is 20.4. The smallest absolute Gasteiger partial charge is 0.336 e. The Bertz CT molecular complexity index is 1170. The van der Waals surface area contributed by atoms with Gasteiger partial charge in [0.2, 0.25) is 12.2 Å². The highest BCUT2D eigenvalue weighted by Crippen LogP contribution is 2.31. The van der Waals surface area contributed by atoms with E-state index in [1.54, 1.807) is 19.1 Å². The molecule has 13 heteroatoms. The molecule has 3 heterocycles. The number of aliphatic hydroxyl groups is 5. The van der Waals surface area contributed by atoms with Crippen LogP contribution in [-0.4, -0.2) is 99.4 Å². The van der Waals surface area contributed by atoms with Crippen molar-refractivity contribution in [3.05, 3.63) is 40.2 Å². The Morgan fingerprint density at radius 2 is 1.76 bits per heavy atom. The number of fused-ring (bicyclic) bond motifs is 1. The van der Waals surface area contributed by atoms with E-state index < -0.39 is 79.5 Å². The number of hydrogen-bond acceptors (Lipinski definition) is 12. The lowest BCUT2D eigenvalue weighted by Crippen LogP contribution is -2.67. The van der Waals surface area contributed by atoms with Crippen molar-refractivity contribution in [3.63, 3.8) is 0 Å². The minimum atomic E-state index is -1.67. The van der Waals surface area contributed by atoms with Gasteiger partial charge in [0.05, 0.1) is 12.7 Å². The third-order valence-corrected chi connectivity index (χ3v) is 6.50. The van der Waals surface area contributed by atoms with Crippen LogP contribution in [0.25, 0.3) is 11.0 Å². The van der Waals surface area contributed by atoms with Crippen LogP contribution in [0.1, 0.15) is 19.4 Å². The predicted molar refractivity (Wildman–Crippen MR) is 124 cm³/mol. The quantitative estimate of drug-likeness (QED) is 0.234. The molecule has 0 bridgehead atoms. The first-order chi connectivity index (χ1) is 17.5. The summed E-state index contributed by atoms with van der Waals surface area (Å²) in [5.74, 6) is -0.328. The molecule has 6 N–H and O–H groups in total. The van der Waals surface area contributed by atoms with Gasteiger partial charge in [0.1, 0.15) is 54.0 Å². The Kier molecular flexibility index (Phi) is 8.16. The molecule has 1 amide bonds. The van der Waals surface area contributed by atoms with Crippen LogP contribution >= 0.6 is 0 Å². The maximum absolute atomic E-state index is 11.9. The SMILES string of the molecule is CC(=O)N[C@@H]1[C@H](Oc2ccc3c(C)cc(=O)oc3c2)O[C@H](CO)[C@H](O[C@@H]2O[C@H](C)[C@H](O)[C@H](O)[C@@H]2O)[C@@H]1O. The van der Waals surface area contributed by atoms with Gasteiger partial charge < -0.3 is 54.2 Å². The van der Waals surface area contributed by atoms with Gasteiger partial charge in [-0.25, -0.2) is 4.79 Å². The number of aliphatic hydroxyl groups excluding tert-OH is 5. The van der Waals surface area contributed by atoms with Gasteiger partial charge in [-0.05, 0) is 31.5 Å². The van der Waals surface area contributed by atoms with E-state index in [1.807, 2.05) is 0 Å². The fraction of sp³-hybridized carbons (Fsp3) is 0.583. The van der Waals surface area contributed by atoms with Gasteiger partial charge in [0, 0.05) is 24.4 Å². The number of carbonyl (C=O) groups is 1. The first-order valence-corrected chi connectivity index (χ1v) is 11.8. The molecule has 1 aromatic heterocycles. The number of amides is 1. The number of benzene rings is 1. The summed E-state index contributed by atoms with van der Waals surface area (Å²) in [6.07, 6.45) is -12.4. The van der Waals surface area contributed by atoms with Crippen LogP contribution in [-0.2, 0) is 19.0 Å². The van der Waals surface area contributed by atoms with E-state index in [-0.39, 0.29) is 11.3 Å². The summed E-state index contributed by atoms with van der Waals surface area (Å²) >= 11 is 0. The molecule has 0 unspecified atom stereocenters. The van der Waals surface area contributed by atoms with E-state index in [4.69, 9.17) is 23.4 Å². The Balaban J connectivity index is 1.58. The van der Waals surface area contributed by atoms with Crippen LogP contribution in [0.5, 0.6) is 5.75 Å². The molecule has 1 aromatic carbocycles. The molecule has 0 saturated carbocycles. The molecule has 2 aliphatic rings. The van der Waals surface area contributed by atoms with Crippen LogP contribution in [0.15, 0.2) is 33.5 Å². The van der Waals surface area contributed by atoms with Crippen molar-refractivity contribution in [1.29, 1.82) is 0 Å². The van der Waals surface area contributed by atoms with Crippen molar-refractivity contribution in [1.82, 2.24) is 5.32 Å². The molecule has 4 rings (SSSR count). The van der Waals surface area contributed by atoms with Crippen LogP contribution in [0.3, 0.4) is 0 Å². The van der Waals surface area contributed by atoms with Crippen LogP contribution < -0.4 is 15.7 Å². The van der Waals surface area contributed by atoms with Crippen molar-refractivity contribution in [2.45, 2.75) is 82.1 Å². The standard InChI is InChI=1S/C24H31NO12/c1-9-6-16(28)35-14-7-12(4-5-13(9)14)34-23-17(25-11(3)27)19(30)22(15(8-26)36-23)37-24-21(32)20(31)18(29)10(2)33-24/h4-7,10,15,17-24,26,29-32H,8H2,1-3H3,(H,25,27)/t10-,15-,17+,18+,19-,20+,21+,22+,23-,24+/m1/s1. The Morgan fingerprint density at radius 1 is 1.03 bits per heavy atom. The Morgan fingerprint density at radius 3 is 2.43 bits per heavy atom. The van der Waals surface area contributed by atoms with Gasteiger partial charge in [-0.3, -0.25) is 4.79 Å². The van der Waals surface area contributed by atoms with E-state index >= 15 is 0 Å². The molecular formula is C24H31NO12. The summed E-state index contributed by atoms with van der Waals surface area (Å²) in [7, 11) is 0. The fourth-order valence-corrected chi connectivity index (χ4v) is 4.52. The van der Waals surface area contributed by atoms with Gasteiger partial charge in [-0.15, -0.1) is 0 Å². The van der Waals surface area contributed by atoms with Gasteiger partial charge in [0.15, 0.2) is 6.29 Å². The second-order valence-electron chi connectivity index (χ2n) is 9.25. The largest absolute Gasteiger partial charge is 0.462 e. The van der Waals surface area contributed by atoms with Gasteiger partial charge in [-0.1, -0.05) is 0 Å². The van der Waals surface area contributed by atoms with Crippen molar-refractivity contribution in [2.24, 2.45) is 0 Å². The number of aryl methyl sites for hydroxylation is 1. The third kappa shape index (κ3) is 5.63. The van der Waals surface area contributed by atoms with Gasteiger partial charge >= 0.3 is 5.63 Å². The Hall–Kier alpha value is -2.62. The lowest BCUT2D eigenvalue weighted by Gasteiger charge is -2.46. The maximum atomic E-state index is 11.9. The highest BCUT2D eigenvalue weighted by Gasteiger charge is 2.51. The summed E-state index contributed by atoms with van der Waals surface area (Å²) in [6, 6.07) is 4.87. The average Bonchev–Trinajstić information content (AvgIpc) is 2.84. The van der Waals surface area contributed by atoms with E-state index in [1.165, 1.54) is 26.0 Å². The second kappa shape index (κ2) is 11.0. The topological polar surface area (TPSA) is 197 Å². The summed E-state index contributed by atoms with van der Waals surface area (Å²) in [4.78, 5) is 23.7. The first kappa shape index (κ1) is 27.4. The number of carbonyl (C=O) groups excluding carboxylic acids is 1. The minimum absolute atomic E-state index is 0.196. The van der Waals surface area contributed by atoms with E-state index in [2.05, 4.69) is 5.32 Å². The predicted octanol–water partition coefficient (Wildman–Crippen LogP) is -1.72. The highest BCUT2D eigenvalue weighted by molar-refractivity contribution is 5.81. The molecule has 0 radical (unpaired) electrons. The average molecular weight is 526 g/mol. The summed E-state index contributed by atoms with van der Waals surface area (Å²) in [5.41, 5.74) is 0.424. The summed E-state index contributed by atoms with van der Waals surface area (Å²) in [6.45, 7) is 3.79. The number of nitrogens with one attached hydrogen (secondary N) is 1. The lowest BCUT2D eigenvalue weighted by molar-refractivity contribution is -0.339. The van der Waals surface area contributed by atoms with Crippen molar-refractivity contribution in [3.8, 4) is 5.75 Å². The van der Waals surface area contributed by atoms with Crippen molar-refractivity contribution >= 4 is 16.9 Å². The van der Waals surface area contributed by atoms with Crippen LogP contribution in [0, 0.1) is 6.92 Å². The Labute approximate surface area is 211 Å². The zero-order valence-corrected chi connectivity index (χ0v) is 20.4. The molecule has 2 aliphatic heterocycles. The molecule has 0 aliphatic carbocycles. The molecule has 2 aromatic rings. The molecule has 37 heavy (non-hydrogen) atoms. The lowest BCUT2D eigenvalue weighted by atomic mass is 9.95. The minimum Gasteiger partial charge on any atom is -0.462 e. The molecular weight excluding hydrogens is 494 g/mol. The number of rotatable bonds is 6. The van der Waals surface area contributed by atoms with E-state index in [9.17, 15) is 35.1 Å². The third-order valence-electron chi connectivity index (χ3n) is 6.50. The highest BCUT2D eigenvalue weighted by atomic mass is 16.7. The van der Waals surface area contributed by atoms with Gasteiger partial charge in [0.25, 0.3) is 0 Å². The fourth-order valence-electron chi connectivity index (χ4n) is 4.52. The normalized spacial score (nSPS) is 36.3. The van der Waals surface area contributed by atoms with Crippen LogP contribution in [0.4, 0.5) is 0 Å². The maximum Gasteiger partial charge on any atom is 0.336 e. The molecule has 13 nitrogen and oxygen atoms in total. The summed E-state index contributed by atoms with van der Waals surface area (Å²) in [5, 5.41) is 54.7.